The molecule has 5 rings (SSSR count). The third-order valence-corrected chi connectivity index (χ3v) is 8.00. The molecule has 0 aliphatic heterocycles. The van der Waals surface area contributed by atoms with Gasteiger partial charge >= 0.3 is 0 Å². The molecule has 0 aromatic carbocycles. The quantitative estimate of drug-likeness (QED) is 0.388. The van der Waals surface area contributed by atoms with Crippen LogP contribution in [0.3, 0.4) is 0 Å². The minimum Gasteiger partial charge on any atom is -0.299 e. The van der Waals surface area contributed by atoms with Crippen LogP contribution in [0.2, 0.25) is 0 Å². The number of thioether (sulfide) groups is 1. The number of fused-ring (bicyclic) bond motifs is 1. The van der Waals surface area contributed by atoms with Crippen molar-refractivity contribution in [2.24, 2.45) is 5.92 Å². The topological polar surface area (TPSA) is 90.9 Å². The van der Waals surface area contributed by atoms with Gasteiger partial charge < -0.3 is 0 Å². The summed E-state index contributed by atoms with van der Waals surface area (Å²) >= 11 is 3.05. The van der Waals surface area contributed by atoms with Crippen LogP contribution >= 0.6 is 23.1 Å². The maximum absolute atomic E-state index is 12.5. The molecular weight excluding hydrogens is 442 g/mol. The first-order valence-corrected chi connectivity index (χ1v) is 12.8. The maximum atomic E-state index is 12.5. The van der Waals surface area contributed by atoms with Crippen molar-refractivity contribution < 1.29 is 0 Å². The van der Waals surface area contributed by atoms with Gasteiger partial charge in [-0.15, -0.1) is 10.2 Å². The molecule has 2 atom stereocenters. The van der Waals surface area contributed by atoms with Crippen LogP contribution < -0.4 is 5.56 Å². The van der Waals surface area contributed by atoms with Gasteiger partial charge in [-0.3, -0.25) is 14.3 Å². The van der Waals surface area contributed by atoms with Crippen LogP contribution in [0.25, 0.3) is 16.3 Å². The van der Waals surface area contributed by atoms with Gasteiger partial charge in [-0.25, -0.2) is 4.98 Å². The molecule has 32 heavy (non-hydrogen) atoms. The molecule has 0 bridgehead atoms. The fourth-order valence-corrected chi connectivity index (χ4v) is 6.04. The SMILES string of the molecule is CCc1nn2c(=O)cc(CSc3nnc(-c4cccnc4)n3[C@@H]3CCCC[C@H]3C)nc2s1. The highest BCUT2D eigenvalue weighted by Gasteiger charge is 2.28. The second-order valence-corrected chi connectivity index (χ2v) is 10.1. The van der Waals surface area contributed by atoms with Crippen LogP contribution in [0.4, 0.5) is 0 Å². The largest absolute Gasteiger partial charge is 0.299 e. The summed E-state index contributed by atoms with van der Waals surface area (Å²) in [4.78, 5) is 22.1. The van der Waals surface area contributed by atoms with Crippen LogP contribution in [0.15, 0.2) is 40.5 Å². The predicted molar refractivity (Wildman–Crippen MR) is 126 cm³/mol. The van der Waals surface area contributed by atoms with Gasteiger partial charge in [0.25, 0.3) is 5.56 Å². The van der Waals surface area contributed by atoms with Gasteiger partial charge in [0.2, 0.25) is 4.96 Å². The van der Waals surface area contributed by atoms with E-state index < -0.39 is 0 Å². The smallest absolute Gasteiger partial charge is 0.275 e. The average molecular weight is 468 g/mol. The van der Waals surface area contributed by atoms with Crippen molar-refractivity contribution in [3.05, 3.63) is 51.6 Å². The highest BCUT2D eigenvalue weighted by Crippen LogP contribution is 2.39. The van der Waals surface area contributed by atoms with Crippen LogP contribution in [0, 0.1) is 5.92 Å². The lowest BCUT2D eigenvalue weighted by atomic mass is 9.85. The van der Waals surface area contributed by atoms with Crippen molar-refractivity contribution in [1.82, 2.24) is 34.3 Å². The highest BCUT2D eigenvalue weighted by molar-refractivity contribution is 7.98. The Morgan fingerprint density at radius 2 is 2.12 bits per heavy atom. The van der Waals surface area contributed by atoms with E-state index in [9.17, 15) is 4.79 Å². The van der Waals surface area contributed by atoms with E-state index >= 15 is 0 Å². The number of aromatic nitrogens is 7. The van der Waals surface area contributed by atoms with Gasteiger partial charge in [0.15, 0.2) is 11.0 Å². The van der Waals surface area contributed by atoms with Gasteiger partial charge in [0.05, 0.1) is 5.69 Å². The Morgan fingerprint density at radius 1 is 1.25 bits per heavy atom. The van der Waals surface area contributed by atoms with Crippen LogP contribution in [0.1, 0.15) is 56.3 Å². The summed E-state index contributed by atoms with van der Waals surface area (Å²) in [5, 5.41) is 15.2. The Hall–Kier alpha value is -2.59. The molecule has 1 fully saturated rings. The minimum atomic E-state index is -0.139. The van der Waals surface area contributed by atoms with Crippen LogP contribution in [0.5, 0.6) is 0 Å². The lowest BCUT2D eigenvalue weighted by Gasteiger charge is -2.31. The zero-order valence-electron chi connectivity index (χ0n) is 18.1. The Morgan fingerprint density at radius 3 is 2.91 bits per heavy atom. The van der Waals surface area contributed by atoms with Crippen molar-refractivity contribution in [2.75, 3.05) is 0 Å². The maximum Gasteiger partial charge on any atom is 0.275 e. The van der Waals surface area contributed by atoms with Gasteiger partial charge in [0, 0.05) is 35.8 Å². The zero-order chi connectivity index (χ0) is 22.1. The van der Waals surface area contributed by atoms with Crippen molar-refractivity contribution in [3.63, 3.8) is 0 Å². The van der Waals surface area contributed by atoms with E-state index in [1.807, 2.05) is 25.3 Å². The molecule has 0 saturated heterocycles. The van der Waals surface area contributed by atoms with E-state index in [2.05, 4.69) is 36.8 Å². The fourth-order valence-electron chi connectivity index (χ4n) is 4.30. The Kier molecular flexibility index (Phi) is 6.05. The fraction of sp³-hybridized carbons (Fsp3) is 0.455. The number of pyridine rings is 1. The van der Waals surface area contributed by atoms with E-state index in [0.29, 0.717) is 22.7 Å². The number of rotatable bonds is 6. The Bertz CT molecular complexity index is 1280. The number of hydrogen-bond acceptors (Lipinski definition) is 8. The minimum absolute atomic E-state index is 0.139. The first-order valence-electron chi connectivity index (χ1n) is 11.0. The van der Waals surface area contributed by atoms with Crippen LogP contribution in [-0.2, 0) is 12.2 Å². The molecule has 0 amide bonds. The summed E-state index contributed by atoms with van der Waals surface area (Å²) in [5.41, 5.74) is 1.57. The van der Waals surface area contributed by atoms with Crippen molar-refractivity contribution in [1.29, 1.82) is 0 Å². The summed E-state index contributed by atoms with van der Waals surface area (Å²) in [6.45, 7) is 4.34. The molecule has 166 valence electrons. The molecule has 8 nitrogen and oxygen atoms in total. The normalized spacial score (nSPS) is 18.9. The molecule has 4 aromatic heterocycles. The van der Waals surface area contributed by atoms with E-state index in [4.69, 9.17) is 0 Å². The summed E-state index contributed by atoms with van der Waals surface area (Å²) in [6, 6.07) is 5.88. The molecule has 1 saturated carbocycles. The van der Waals surface area contributed by atoms with Gasteiger partial charge in [-0.05, 0) is 37.3 Å². The first-order chi connectivity index (χ1) is 15.6. The van der Waals surface area contributed by atoms with E-state index in [1.54, 1.807) is 24.0 Å². The number of nitrogens with zero attached hydrogens (tertiary/aromatic N) is 7. The second-order valence-electron chi connectivity index (χ2n) is 8.17. The average Bonchev–Trinajstić information content (AvgIpc) is 3.43. The number of hydrogen-bond donors (Lipinski definition) is 0. The van der Waals surface area contributed by atoms with E-state index in [-0.39, 0.29) is 5.56 Å². The molecule has 0 N–H and O–H groups in total. The standard InChI is InChI=1S/C22H25N7OS2/c1-3-18-27-29-19(30)11-16(24-21(29)32-18)13-31-22-26-25-20(15-8-6-10-23-12-15)28(22)17-9-5-4-7-14(17)2/h6,8,10-12,14,17H,3-5,7,9,13H2,1-2H3/t14-,17-/m1/s1. The van der Waals surface area contributed by atoms with Gasteiger partial charge in [-0.2, -0.15) is 9.61 Å². The molecule has 1 aliphatic rings. The summed E-state index contributed by atoms with van der Waals surface area (Å²) < 4.78 is 3.68. The van der Waals surface area contributed by atoms with Crippen molar-refractivity contribution in [3.8, 4) is 11.4 Å². The molecule has 4 aromatic rings. The molecule has 0 radical (unpaired) electrons. The van der Waals surface area contributed by atoms with Crippen molar-refractivity contribution in [2.45, 2.75) is 62.9 Å². The molecular formula is C22H25N7OS2. The number of aryl methyl sites for hydroxylation is 1. The third-order valence-electron chi connectivity index (χ3n) is 5.97. The second kappa shape index (κ2) is 9.11. The van der Waals surface area contributed by atoms with Crippen molar-refractivity contribution >= 4 is 28.1 Å². The van der Waals surface area contributed by atoms with E-state index in [1.165, 1.54) is 35.1 Å². The van der Waals surface area contributed by atoms with Crippen LogP contribution in [-0.4, -0.2) is 34.3 Å². The lowest BCUT2D eigenvalue weighted by Crippen LogP contribution is -2.22. The Balaban J connectivity index is 1.48. The summed E-state index contributed by atoms with van der Waals surface area (Å²) in [7, 11) is 0. The Labute approximate surface area is 194 Å². The molecule has 1 aliphatic carbocycles. The first kappa shape index (κ1) is 21.3. The molecule has 0 spiro atoms. The predicted octanol–water partition coefficient (Wildman–Crippen LogP) is 4.41. The highest BCUT2D eigenvalue weighted by atomic mass is 32.2. The monoisotopic (exact) mass is 467 g/mol. The van der Waals surface area contributed by atoms with E-state index in [0.717, 1.165) is 40.1 Å². The molecule has 0 unspecified atom stereocenters. The summed E-state index contributed by atoms with van der Waals surface area (Å²) in [5.74, 6) is 1.97. The summed E-state index contributed by atoms with van der Waals surface area (Å²) in [6.07, 6.45) is 9.21. The van der Waals surface area contributed by atoms with Gasteiger partial charge in [-0.1, -0.05) is 49.8 Å². The molecule has 10 heteroatoms. The lowest BCUT2D eigenvalue weighted by molar-refractivity contribution is 0.247. The third kappa shape index (κ3) is 4.09. The molecule has 4 heterocycles. The zero-order valence-corrected chi connectivity index (χ0v) is 19.8. The van der Waals surface area contributed by atoms with Gasteiger partial charge in [0.1, 0.15) is 5.01 Å².